The van der Waals surface area contributed by atoms with Gasteiger partial charge in [0.25, 0.3) is 0 Å². The van der Waals surface area contributed by atoms with Gasteiger partial charge in [0.1, 0.15) is 13.2 Å². The molecule has 1 N–H and O–H groups in total. The molecule has 0 bridgehead atoms. The van der Waals surface area contributed by atoms with E-state index >= 15 is 0 Å². The molecular weight excluding hydrogens is 382 g/mol. The van der Waals surface area contributed by atoms with Gasteiger partial charge in [0.05, 0.1) is 13.1 Å². The minimum atomic E-state index is -0.145. The van der Waals surface area contributed by atoms with Gasteiger partial charge in [0.2, 0.25) is 11.8 Å². The average molecular weight is 412 g/mol. The van der Waals surface area contributed by atoms with Crippen LogP contribution in [0, 0.1) is 13.8 Å². The Balaban J connectivity index is 1.49. The van der Waals surface area contributed by atoms with Crippen molar-refractivity contribution >= 4 is 17.5 Å². The molecule has 2 aromatic rings. The number of fused-ring (bicyclic) bond motifs is 1. The van der Waals surface area contributed by atoms with Crippen LogP contribution in [-0.2, 0) is 16.1 Å². The number of benzene rings is 2. The fourth-order valence-electron chi connectivity index (χ4n) is 3.28. The van der Waals surface area contributed by atoms with E-state index in [0.717, 1.165) is 28.1 Å². The van der Waals surface area contributed by atoms with E-state index in [4.69, 9.17) is 9.47 Å². The van der Waals surface area contributed by atoms with E-state index in [-0.39, 0.29) is 24.9 Å². The first-order chi connectivity index (χ1) is 14.3. The zero-order valence-electron chi connectivity index (χ0n) is 18.0. The first kappa shape index (κ1) is 21.6. The van der Waals surface area contributed by atoms with Crippen LogP contribution in [0.5, 0.6) is 11.5 Å². The second-order valence-electron chi connectivity index (χ2n) is 7.70. The number of amides is 2. The Hall–Kier alpha value is -3.06. The molecule has 2 aromatic carbocycles. The summed E-state index contributed by atoms with van der Waals surface area (Å²) in [5.74, 6) is 1.23. The maximum atomic E-state index is 12.6. The number of carbonyl (C=O) groups is 2. The summed E-state index contributed by atoms with van der Waals surface area (Å²) in [7, 11) is 3.52. The molecule has 0 spiro atoms. The molecule has 0 atom stereocenters. The third-order valence-electron chi connectivity index (χ3n) is 5.15. The number of carbonyl (C=O) groups excluding carboxylic acids is 2. The number of nitrogens with one attached hydrogen (secondary N) is 1. The van der Waals surface area contributed by atoms with Gasteiger partial charge in [-0.15, -0.1) is 0 Å². The molecule has 0 saturated heterocycles. The van der Waals surface area contributed by atoms with Crippen LogP contribution in [0.15, 0.2) is 36.4 Å². The largest absolute Gasteiger partial charge is 0.486 e. The fraction of sp³-hybridized carbons (Fsp3) is 0.391. The van der Waals surface area contributed by atoms with Gasteiger partial charge in [-0.05, 0) is 55.8 Å². The van der Waals surface area contributed by atoms with Crippen LogP contribution in [0.1, 0.15) is 16.7 Å². The summed E-state index contributed by atoms with van der Waals surface area (Å²) in [5, 5.41) is 2.92. The third kappa shape index (κ3) is 5.51. The molecule has 0 aromatic heterocycles. The van der Waals surface area contributed by atoms with Crippen LogP contribution < -0.4 is 14.8 Å². The number of hydrogen-bond donors (Lipinski definition) is 1. The quantitative estimate of drug-likeness (QED) is 0.758. The van der Waals surface area contributed by atoms with Crippen LogP contribution in [0.4, 0.5) is 5.69 Å². The van der Waals surface area contributed by atoms with Crippen molar-refractivity contribution in [3.63, 3.8) is 0 Å². The molecule has 0 radical (unpaired) electrons. The fourth-order valence-corrected chi connectivity index (χ4v) is 3.28. The van der Waals surface area contributed by atoms with E-state index in [9.17, 15) is 9.59 Å². The number of hydrogen-bond acceptors (Lipinski definition) is 5. The van der Waals surface area contributed by atoms with Crippen molar-refractivity contribution in [2.45, 2.75) is 20.4 Å². The smallest absolute Gasteiger partial charge is 0.238 e. The van der Waals surface area contributed by atoms with Crippen LogP contribution in [-0.4, -0.2) is 62.0 Å². The van der Waals surface area contributed by atoms with E-state index in [0.29, 0.717) is 25.5 Å². The molecule has 1 aliphatic heterocycles. The van der Waals surface area contributed by atoms with Gasteiger partial charge in [-0.3, -0.25) is 14.5 Å². The number of likely N-dealkylation sites (N-methyl/N-ethyl adjacent to an activating group) is 2. The van der Waals surface area contributed by atoms with Gasteiger partial charge in [-0.1, -0.05) is 18.2 Å². The zero-order valence-corrected chi connectivity index (χ0v) is 18.0. The van der Waals surface area contributed by atoms with Crippen molar-refractivity contribution in [1.82, 2.24) is 9.80 Å². The lowest BCUT2D eigenvalue weighted by molar-refractivity contribution is -0.131. The lowest BCUT2D eigenvalue weighted by Gasteiger charge is -2.23. The Kier molecular flexibility index (Phi) is 6.95. The maximum Gasteiger partial charge on any atom is 0.238 e. The Labute approximate surface area is 177 Å². The molecule has 0 unspecified atom stereocenters. The molecule has 160 valence electrons. The number of aryl methyl sites for hydroxylation is 1. The molecule has 7 nitrogen and oxygen atoms in total. The van der Waals surface area contributed by atoms with Crippen molar-refractivity contribution in [3.05, 3.63) is 53.1 Å². The SMILES string of the molecule is Cc1cccc(NC(=O)CN(C)CC(=O)N(C)Cc2ccc3c(c2)OCCO3)c1C. The zero-order chi connectivity index (χ0) is 21.7. The van der Waals surface area contributed by atoms with E-state index in [1.54, 1.807) is 23.9 Å². The monoisotopic (exact) mass is 411 g/mol. The van der Waals surface area contributed by atoms with Gasteiger partial charge < -0.3 is 19.7 Å². The maximum absolute atomic E-state index is 12.6. The third-order valence-corrected chi connectivity index (χ3v) is 5.15. The summed E-state index contributed by atoms with van der Waals surface area (Å²) in [6, 6.07) is 11.5. The summed E-state index contributed by atoms with van der Waals surface area (Å²) < 4.78 is 11.1. The molecule has 2 amide bonds. The number of rotatable bonds is 7. The normalized spacial score (nSPS) is 12.6. The van der Waals surface area contributed by atoms with Crippen LogP contribution in [0.2, 0.25) is 0 Å². The van der Waals surface area contributed by atoms with Gasteiger partial charge >= 0.3 is 0 Å². The van der Waals surface area contributed by atoms with Crippen molar-refractivity contribution in [3.8, 4) is 11.5 Å². The van der Waals surface area contributed by atoms with Gasteiger partial charge in [0, 0.05) is 19.3 Å². The van der Waals surface area contributed by atoms with E-state index < -0.39 is 0 Å². The summed E-state index contributed by atoms with van der Waals surface area (Å²) in [5.41, 5.74) is 3.93. The first-order valence-electron chi connectivity index (χ1n) is 10.0. The van der Waals surface area contributed by atoms with Crippen LogP contribution >= 0.6 is 0 Å². The van der Waals surface area contributed by atoms with Crippen molar-refractivity contribution in [2.75, 3.05) is 45.7 Å². The number of ether oxygens (including phenoxy) is 2. The second-order valence-corrected chi connectivity index (χ2v) is 7.70. The van der Waals surface area contributed by atoms with Crippen LogP contribution in [0.25, 0.3) is 0 Å². The molecule has 1 aliphatic rings. The lowest BCUT2D eigenvalue weighted by Crippen LogP contribution is -2.39. The van der Waals surface area contributed by atoms with Gasteiger partial charge in [0.15, 0.2) is 11.5 Å². The van der Waals surface area contributed by atoms with E-state index in [2.05, 4.69) is 5.32 Å². The predicted octanol–water partition coefficient (Wildman–Crippen LogP) is 2.60. The first-order valence-corrected chi connectivity index (χ1v) is 10.0. The number of nitrogens with zero attached hydrogens (tertiary/aromatic N) is 2. The van der Waals surface area contributed by atoms with Crippen molar-refractivity contribution in [1.29, 1.82) is 0 Å². The van der Waals surface area contributed by atoms with Gasteiger partial charge in [-0.2, -0.15) is 0 Å². The van der Waals surface area contributed by atoms with Gasteiger partial charge in [-0.25, -0.2) is 0 Å². The van der Waals surface area contributed by atoms with E-state index in [1.807, 2.05) is 50.2 Å². The molecule has 7 heteroatoms. The highest BCUT2D eigenvalue weighted by Gasteiger charge is 2.17. The molecule has 0 fully saturated rings. The molecule has 0 saturated carbocycles. The molecule has 1 heterocycles. The minimum Gasteiger partial charge on any atom is -0.486 e. The summed E-state index contributed by atoms with van der Waals surface area (Å²) in [6.45, 7) is 5.81. The summed E-state index contributed by atoms with van der Waals surface area (Å²) >= 11 is 0. The molecule has 3 rings (SSSR count). The Morgan fingerprint density at radius 3 is 2.50 bits per heavy atom. The van der Waals surface area contributed by atoms with E-state index in [1.165, 1.54) is 0 Å². The predicted molar refractivity (Wildman–Crippen MR) is 116 cm³/mol. The topological polar surface area (TPSA) is 71.1 Å². The lowest BCUT2D eigenvalue weighted by atomic mass is 10.1. The standard InChI is InChI=1S/C23H29N3O4/c1-16-6-5-7-19(17(16)2)24-22(27)14-25(3)15-23(28)26(4)13-18-8-9-20-21(12-18)30-11-10-29-20/h5-9,12H,10-11,13-15H2,1-4H3,(H,24,27). The van der Waals surface area contributed by atoms with Crippen molar-refractivity contribution in [2.24, 2.45) is 0 Å². The number of anilines is 1. The molecule has 30 heavy (non-hydrogen) atoms. The Bertz CT molecular complexity index is 929. The van der Waals surface area contributed by atoms with Crippen molar-refractivity contribution < 1.29 is 19.1 Å². The minimum absolute atomic E-state index is 0.0630. The second kappa shape index (κ2) is 9.63. The summed E-state index contributed by atoms with van der Waals surface area (Å²) in [6.07, 6.45) is 0. The molecular formula is C23H29N3O4. The summed E-state index contributed by atoms with van der Waals surface area (Å²) in [4.78, 5) is 28.3. The molecule has 0 aliphatic carbocycles. The average Bonchev–Trinajstić information content (AvgIpc) is 2.71. The Morgan fingerprint density at radius 2 is 1.73 bits per heavy atom. The highest BCUT2D eigenvalue weighted by Crippen LogP contribution is 2.31. The highest BCUT2D eigenvalue weighted by atomic mass is 16.6. The Morgan fingerprint density at radius 1 is 1.00 bits per heavy atom. The van der Waals surface area contributed by atoms with Crippen LogP contribution in [0.3, 0.4) is 0 Å². The highest BCUT2D eigenvalue weighted by molar-refractivity contribution is 5.93.